The average molecular weight is 277 g/mol. The van der Waals surface area contributed by atoms with Gasteiger partial charge in [0.15, 0.2) is 0 Å². The number of aryl methyl sites for hydroxylation is 1. The summed E-state index contributed by atoms with van der Waals surface area (Å²) in [5.41, 5.74) is 0.522. The van der Waals surface area contributed by atoms with Crippen LogP contribution in [0.3, 0.4) is 0 Å². The second-order valence-electron chi connectivity index (χ2n) is 5.30. The number of benzene rings is 1. The first kappa shape index (κ1) is 14.9. The Bertz CT molecular complexity index is 475. The molecule has 1 aliphatic carbocycles. The minimum Gasteiger partial charge on any atom is -0.490 e. The summed E-state index contributed by atoms with van der Waals surface area (Å²) in [7, 11) is 1.81. The normalized spacial score (nSPS) is 25.4. The molecule has 1 aromatic rings. The van der Waals surface area contributed by atoms with Gasteiger partial charge in [-0.05, 0) is 45.4 Å². The highest BCUT2D eigenvalue weighted by atomic mass is 16.5. The minimum absolute atomic E-state index is 0.0490. The van der Waals surface area contributed by atoms with E-state index in [4.69, 9.17) is 9.47 Å². The molecule has 1 fully saturated rings. The van der Waals surface area contributed by atoms with Gasteiger partial charge in [0.05, 0.1) is 6.61 Å². The van der Waals surface area contributed by atoms with Crippen LogP contribution in [0.25, 0.3) is 0 Å². The zero-order chi connectivity index (χ0) is 14.6. The molecule has 1 aromatic carbocycles. The van der Waals surface area contributed by atoms with Crippen molar-refractivity contribution in [1.82, 2.24) is 5.32 Å². The number of carbonyl (C=O) groups excluding carboxylic acids is 1. The molecule has 110 valence electrons. The molecule has 0 spiro atoms. The number of likely N-dealkylation sites (N-methyl/N-ethyl adjacent to an activating group) is 1. The van der Waals surface area contributed by atoms with E-state index < -0.39 is 5.54 Å². The summed E-state index contributed by atoms with van der Waals surface area (Å²) in [5, 5.41) is 3.14. The molecule has 20 heavy (non-hydrogen) atoms. The van der Waals surface area contributed by atoms with Gasteiger partial charge >= 0.3 is 5.97 Å². The van der Waals surface area contributed by atoms with E-state index in [-0.39, 0.29) is 12.1 Å². The predicted octanol–water partition coefficient (Wildman–Crippen LogP) is 2.45. The van der Waals surface area contributed by atoms with E-state index in [1.807, 2.05) is 45.2 Å². The first-order valence-corrected chi connectivity index (χ1v) is 7.19. The molecule has 1 aliphatic rings. The third kappa shape index (κ3) is 2.96. The van der Waals surface area contributed by atoms with Crippen molar-refractivity contribution < 1.29 is 14.3 Å². The van der Waals surface area contributed by atoms with Crippen molar-refractivity contribution in [3.63, 3.8) is 0 Å². The van der Waals surface area contributed by atoms with Crippen LogP contribution in [0, 0.1) is 6.92 Å². The summed E-state index contributed by atoms with van der Waals surface area (Å²) < 4.78 is 11.2. The van der Waals surface area contributed by atoms with E-state index in [0.29, 0.717) is 13.0 Å². The number of hydrogen-bond donors (Lipinski definition) is 1. The zero-order valence-corrected chi connectivity index (χ0v) is 12.4. The van der Waals surface area contributed by atoms with Gasteiger partial charge in [-0.15, -0.1) is 0 Å². The Balaban J connectivity index is 2.04. The summed E-state index contributed by atoms with van der Waals surface area (Å²) in [6.07, 6.45) is 2.30. The van der Waals surface area contributed by atoms with Crippen molar-refractivity contribution in [3.05, 3.63) is 29.8 Å². The summed E-state index contributed by atoms with van der Waals surface area (Å²) in [6, 6.07) is 7.96. The van der Waals surface area contributed by atoms with Crippen LogP contribution in [-0.2, 0) is 9.53 Å². The highest BCUT2D eigenvalue weighted by molar-refractivity contribution is 5.81. The maximum atomic E-state index is 12.1. The van der Waals surface area contributed by atoms with E-state index in [2.05, 4.69) is 5.32 Å². The van der Waals surface area contributed by atoms with Crippen LogP contribution < -0.4 is 10.1 Å². The minimum atomic E-state index is -0.594. The van der Waals surface area contributed by atoms with Gasteiger partial charge in [0.2, 0.25) is 0 Å². The van der Waals surface area contributed by atoms with E-state index in [1.165, 1.54) is 0 Å². The maximum Gasteiger partial charge on any atom is 0.326 e. The lowest BCUT2D eigenvalue weighted by Gasteiger charge is -2.26. The molecular formula is C16H23NO3. The molecule has 2 unspecified atom stereocenters. The largest absolute Gasteiger partial charge is 0.490 e. The molecule has 0 radical (unpaired) electrons. The smallest absolute Gasteiger partial charge is 0.326 e. The highest BCUT2D eigenvalue weighted by Gasteiger charge is 2.46. The van der Waals surface area contributed by atoms with Gasteiger partial charge in [0.25, 0.3) is 0 Å². The molecule has 0 heterocycles. The van der Waals surface area contributed by atoms with Gasteiger partial charge in [0.1, 0.15) is 17.4 Å². The molecule has 0 aromatic heterocycles. The number of para-hydroxylation sites is 1. The molecule has 4 heteroatoms. The fourth-order valence-electron chi connectivity index (χ4n) is 2.75. The van der Waals surface area contributed by atoms with Crippen molar-refractivity contribution in [2.45, 2.75) is 44.8 Å². The molecule has 2 rings (SSSR count). The van der Waals surface area contributed by atoms with Crippen LogP contribution in [0.5, 0.6) is 5.75 Å². The lowest BCUT2D eigenvalue weighted by molar-refractivity contribution is -0.151. The Morgan fingerprint density at radius 1 is 1.45 bits per heavy atom. The molecule has 0 saturated heterocycles. The quantitative estimate of drug-likeness (QED) is 0.840. The van der Waals surface area contributed by atoms with E-state index >= 15 is 0 Å². The zero-order valence-electron chi connectivity index (χ0n) is 12.4. The van der Waals surface area contributed by atoms with Crippen LogP contribution in [-0.4, -0.2) is 31.3 Å². The summed E-state index contributed by atoms with van der Waals surface area (Å²) in [4.78, 5) is 12.1. The third-order valence-electron chi connectivity index (χ3n) is 4.00. The van der Waals surface area contributed by atoms with E-state index in [9.17, 15) is 4.79 Å². The number of nitrogens with one attached hydrogen (secondary N) is 1. The van der Waals surface area contributed by atoms with Crippen LogP contribution in [0.15, 0.2) is 24.3 Å². The third-order valence-corrected chi connectivity index (χ3v) is 4.00. The standard InChI is InChI=1S/C16H23NO3/c1-4-19-15(18)16(17-3)10-9-13(11-16)20-14-8-6-5-7-12(14)2/h5-8,13,17H,4,9-11H2,1-3H3. The predicted molar refractivity (Wildman–Crippen MR) is 77.9 cm³/mol. The Kier molecular flexibility index (Phi) is 4.65. The fraction of sp³-hybridized carbons (Fsp3) is 0.562. The SMILES string of the molecule is CCOC(=O)C1(NC)CCC(Oc2ccccc2C)C1. The van der Waals surface area contributed by atoms with Crippen LogP contribution in [0.2, 0.25) is 0 Å². The second kappa shape index (κ2) is 6.27. The number of hydrogen-bond acceptors (Lipinski definition) is 4. The van der Waals surface area contributed by atoms with Crippen LogP contribution >= 0.6 is 0 Å². The van der Waals surface area contributed by atoms with E-state index in [0.717, 1.165) is 24.2 Å². The summed E-state index contributed by atoms with van der Waals surface area (Å²) >= 11 is 0. The second-order valence-corrected chi connectivity index (χ2v) is 5.30. The van der Waals surface area contributed by atoms with Gasteiger partial charge in [-0.1, -0.05) is 18.2 Å². The Morgan fingerprint density at radius 3 is 2.85 bits per heavy atom. The van der Waals surface area contributed by atoms with Crippen molar-refractivity contribution in [3.8, 4) is 5.75 Å². The van der Waals surface area contributed by atoms with Gasteiger partial charge < -0.3 is 14.8 Å². The van der Waals surface area contributed by atoms with Gasteiger partial charge in [-0.25, -0.2) is 0 Å². The summed E-state index contributed by atoms with van der Waals surface area (Å²) in [5.74, 6) is 0.728. The topological polar surface area (TPSA) is 47.6 Å². The molecule has 0 aliphatic heterocycles. The number of esters is 1. The van der Waals surface area contributed by atoms with Crippen LogP contribution in [0.4, 0.5) is 0 Å². The Labute approximate surface area is 120 Å². The van der Waals surface area contributed by atoms with Crippen LogP contribution in [0.1, 0.15) is 31.7 Å². The number of carbonyl (C=O) groups is 1. The Hall–Kier alpha value is -1.55. The molecule has 1 N–H and O–H groups in total. The molecule has 0 amide bonds. The van der Waals surface area contributed by atoms with Crippen molar-refractivity contribution >= 4 is 5.97 Å². The molecular weight excluding hydrogens is 254 g/mol. The fourth-order valence-corrected chi connectivity index (χ4v) is 2.75. The van der Waals surface area contributed by atoms with Crippen molar-refractivity contribution in [2.75, 3.05) is 13.7 Å². The number of ether oxygens (including phenoxy) is 2. The van der Waals surface area contributed by atoms with Crippen molar-refractivity contribution in [2.24, 2.45) is 0 Å². The molecule has 1 saturated carbocycles. The molecule has 0 bridgehead atoms. The lowest BCUT2D eigenvalue weighted by atomic mass is 9.98. The maximum absolute atomic E-state index is 12.1. The lowest BCUT2D eigenvalue weighted by Crippen LogP contribution is -2.49. The highest BCUT2D eigenvalue weighted by Crippen LogP contribution is 2.34. The summed E-state index contributed by atoms with van der Waals surface area (Å²) in [6.45, 7) is 4.27. The first-order valence-electron chi connectivity index (χ1n) is 7.19. The molecule has 4 nitrogen and oxygen atoms in total. The monoisotopic (exact) mass is 277 g/mol. The molecule has 2 atom stereocenters. The van der Waals surface area contributed by atoms with E-state index in [1.54, 1.807) is 0 Å². The van der Waals surface area contributed by atoms with Gasteiger partial charge in [-0.2, -0.15) is 0 Å². The Morgan fingerprint density at radius 2 is 2.20 bits per heavy atom. The average Bonchev–Trinajstić information content (AvgIpc) is 2.86. The van der Waals surface area contributed by atoms with Gasteiger partial charge in [0, 0.05) is 6.42 Å². The van der Waals surface area contributed by atoms with Gasteiger partial charge in [-0.3, -0.25) is 4.79 Å². The first-order chi connectivity index (χ1) is 9.61. The number of rotatable bonds is 5. The van der Waals surface area contributed by atoms with Crippen molar-refractivity contribution in [1.29, 1.82) is 0 Å².